The standard InChI is InChI=1S/C11H15FN2O3S/c12-10-2-1-3-11(9(10)8-13)18(15,16)14-4-6-17-7-5-14/h1-3H,4-8,13H2. The first-order valence-corrected chi connectivity index (χ1v) is 7.06. The zero-order valence-electron chi connectivity index (χ0n) is 9.80. The number of halogens is 1. The molecule has 100 valence electrons. The number of hydrogen-bond donors (Lipinski definition) is 1. The van der Waals surface area contributed by atoms with Gasteiger partial charge in [-0.2, -0.15) is 4.31 Å². The number of nitrogens with two attached hydrogens (primary N) is 1. The van der Waals surface area contributed by atoms with Gasteiger partial charge in [0.1, 0.15) is 5.82 Å². The average Bonchev–Trinajstić information content (AvgIpc) is 2.39. The van der Waals surface area contributed by atoms with E-state index in [1.54, 1.807) is 0 Å². The number of rotatable bonds is 3. The molecule has 0 radical (unpaired) electrons. The highest BCUT2D eigenvalue weighted by atomic mass is 32.2. The van der Waals surface area contributed by atoms with Crippen LogP contribution in [0.5, 0.6) is 0 Å². The highest BCUT2D eigenvalue weighted by molar-refractivity contribution is 7.89. The fraction of sp³-hybridized carbons (Fsp3) is 0.455. The Morgan fingerprint density at radius 1 is 1.33 bits per heavy atom. The minimum absolute atomic E-state index is 0.0315. The molecule has 18 heavy (non-hydrogen) atoms. The summed E-state index contributed by atoms with van der Waals surface area (Å²) in [5.41, 5.74) is 5.46. The van der Waals surface area contributed by atoms with Crippen LogP contribution in [0, 0.1) is 5.82 Å². The maximum atomic E-state index is 13.6. The van der Waals surface area contributed by atoms with Crippen molar-refractivity contribution in [1.82, 2.24) is 4.31 Å². The fourth-order valence-electron chi connectivity index (χ4n) is 1.90. The van der Waals surface area contributed by atoms with E-state index in [9.17, 15) is 12.8 Å². The highest BCUT2D eigenvalue weighted by Gasteiger charge is 2.29. The Morgan fingerprint density at radius 3 is 2.61 bits per heavy atom. The predicted octanol–water partition coefficient (Wildman–Crippen LogP) is 0.305. The third kappa shape index (κ3) is 2.39. The summed E-state index contributed by atoms with van der Waals surface area (Å²) in [7, 11) is -3.69. The van der Waals surface area contributed by atoms with Crippen molar-refractivity contribution in [2.45, 2.75) is 11.4 Å². The Bertz CT molecular complexity index is 527. The maximum Gasteiger partial charge on any atom is 0.243 e. The first kappa shape index (κ1) is 13.4. The molecule has 0 atom stereocenters. The Hall–Kier alpha value is -1.02. The van der Waals surface area contributed by atoms with Gasteiger partial charge in [-0.1, -0.05) is 6.07 Å². The minimum Gasteiger partial charge on any atom is -0.379 e. The van der Waals surface area contributed by atoms with Crippen LogP contribution in [0.2, 0.25) is 0 Å². The van der Waals surface area contributed by atoms with E-state index < -0.39 is 15.8 Å². The van der Waals surface area contributed by atoms with Gasteiger partial charge in [0.2, 0.25) is 10.0 Å². The van der Waals surface area contributed by atoms with E-state index >= 15 is 0 Å². The molecule has 0 aliphatic carbocycles. The monoisotopic (exact) mass is 274 g/mol. The summed E-state index contributed by atoms with van der Waals surface area (Å²) in [6.45, 7) is 1.12. The van der Waals surface area contributed by atoms with E-state index in [-0.39, 0.29) is 30.1 Å². The average molecular weight is 274 g/mol. The summed E-state index contributed by atoms with van der Waals surface area (Å²) in [5, 5.41) is 0. The largest absolute Gasteiger partial charge is 0.379 e. The summed E-state index contributed by atoms with van der Waals surface area (Å²) >= 11 is 0. The Labute approximate surface area is 105 Å². The van der Waals surface area contributed by atoms with Crippen LogP contribution >= 0.6 is 0 Å². The van der Waals surface area contributed by atoms with Crippen LogP contribution in [-0.2, 0) is 21.3 Å². The molecule has 0 amide bonds. The van der Waals surface area contributed by atoms with Crippen LogP contribution in [0.3, 0.4) is 0 Å². The topological polar surface area (TPSA) is 72.6 Å². The summed E-state index contributed by atoms with van der Waals surface area (Å²) in [6.07, 6.45) is 0. The molecular weight excluding hydrogens is 259 g/mol. The molecule has 0 unspecified atom stereocenters. The minimum atomic E-state index is -3.69. The zero-order chi connectivity index (χ0) is 13.2. The van der Waals surface area contributed by atoms with Gasteiger partial charge in [-0.25, -0.2) is 12.8 Å². The fourth-order valence-corrected chi connectivity index (χ4v) is 3.56. The first-order chi connectivity index (χ1) is 8.57. The number of sulfonamides is 1. The molecule has 5 nitrogen and oxygen atoms in total. The SMILES string of the molecule is NCc1c(F)cccc1S(=O)(=O)N1CCOCC1. The van der Waals surface area contributed by atoms with Gasteiger partial charge < -0.3 is 10.5 Å². The van der Waals surface area contributed by atoms with Crippen LogP contribution in [0.15, 0.2) is 23.1 Å². The molecule has 0 saturated carbocycles. The second-order valence-corrected chi connectivity index (χ2v) is 5.84. The van der Waals surface area contributed by atoms with Crippen molar-refractivity contribution < 1.29 is 17.5 Å². The molecule has 1 fully saturated rings. The Morgan fingerprint density at radius 2 is 2.00 bits per heavy atom. The van der Waals surface area contributed by atoms with Crippen molar-refractivity contribution in [2.75, 3.05) is 26.3 Å². The third-order valence-corrected chi connectivity index (χ3v) is 4.85. The molecule has 0 bridgehead atoms. The molecule has 1 aromatic rings. The lowest BCUT2D eigenvalue weighted by Gasteiger charge is -2.26. The molecule has 1 aliphatic rings. The number of hydrogen-bond acceptors (Lipinski definition) is 4. The van der Waals surface area contributed by atoms with Gasteiger partial charge in [0.25, 0.3) is 0 Å². The summed E-state index contributed by atoms with van der Waals surface area (Å²) in [5.74, 6) is -0.591. The van der Waals surface area contributed by atoms with E-state index in [2.05, 4.69) is 0 Å². The molecule has 0 spiro atoms. The van der Waals surface area contributed by atoms with Gasteiger partial charge in [-0.3, -0.25) is 0 Å². The lowest BCUT2D eigenvalue weighted by molar-refractivity contribution is 0.0730. The lowest BCUT2D eigenvalue weighted by atomic mass is 10.2. The van der Waals surface area contributed by atoms with Crippen LogP contribution < -0.4 is 5.73 Å². The van der Waals surface area contributed by atoms with Gasteiger partial charge in [-0.15, -0.1) is 0 Å². The van der Waals surface area contributed by atoms with Crippen LogP contribution in [0.25, 0.3) is 0 Å². The Balaban J connectivity index is 2.43. The quantitative estimate of drug-likeness (QED) is 0.860. The van der Waals surface area contributed by atoms with Crippen molar-refractivity contribution in [3.05, 3.63) is 29.6 Å². The maximum absolute atomic E-state index is 13.6. The number of ether oxygens (including phenoxy) is 1. The second kappa shape index (κ2) is 5.31. The molecular formula is C11H15FN2O3S. The molecule has 1 saturated heterocycles. The third-order valence-electron chi connectivity index (χ3n) is 2.87. The number of nitrogens with zero attached hydrogens (tertiary/aromatic N) is 1. The van der Waals surface area contributed by atoms with Crippen molar-refractivity contribution in [2.24, 2.45) is 5.73 Å². The molecule has 7 heteroatoms. The van der Waals surface area contributed by atoms with E-state index in [1.807, 2.05) is 0 Å². The normalized spacial score (nSPS) is 17.9. The lowest BCUT2D eigenvalue weighted by Crippen LogP contribution is -2.41. The van der Waals surface area contributed by atoms with E-state index in [0.29, 0.717) is 13.2 Å². The summed E-state index contributed by atoms with van der Waals surface area (Å²) in [6, 6.07) is 3.97. The smallest absolute Gasteiger partial charge is 0.243 e. The first-order valence-electron chi connectivity index (χ1n) is 5.62. The summed E-state index contributed by atoms with van der Waals surface area (Å²) < 4.78 is 44.7. The van der Waals surface area contributed by atoms with Crippen molar-refractivity contribution in [3.8, 4) is 0 Å². The summed E-state index contributed by atoms with van der Waals surface area (Å²) in [4.78, 5) is -0.0492. The van der Waals surface area contributed by atoms with Gasteiger partial charge in [0, 0.05) is 25.2 Å². The predicted molar refractivity (Wildman–Crippen MR) is 63.9 cm³/mol. The van der Waals surface area contributed by atoms with Crippen molar-refractivity contribution >= 4 is 10.0 Å². The van der Waals surface area contributed by atoms with Crippen LogP contribution in [0.4, 0.5) is 4.39 Å². The Kier molecular flexibility index (Phi) is 3.96. The van der Waals surface area contributed by atoms with Gasteiger partial charge in [0.05, 0.1) is 18.1 Å². The molecule has 1 heterocycles. The van der Waals surface area contributed by atoms with Crippen LogP contribution in [0.1, 0.15) is 5.56 Å². The molecule has 1 aliphatic heterocycles. The highest BCUT2D eigenvalue weighted by Crippen LogP contribution is 2.22. The van der Waals surface area contributed by atoms with Crippen molar-refractivity contribution in [3.63, 3.8) is 0 Å². The molecule has 1 aromatic carbocycles. The zero-order valence-corrected chi connectivity index (χ0v) is 10.6. The number of benzene rings is 1. The van der Waals surface area contributed by atoms with Gasteiger partial charge in [0.15, 0.2) is 0 Å². The van der Waals surface area contributed by atoms with Crippen molar-refractivity contribution in [1.29, 1.82) is 0 Å². The van der Waals surface area contributed by atoms with Gasteiger partial charge >= 0.3 is 0 Å². The van der Waals surface area contributed by atoms with Crippen LogP contribution in [-0.4, -0.2) is 39.0 Å². The molecule has 2 N–H and O–H groups in total. The molecule has 2 rings (SSSR count). The van der Waals surface area contributed by atoms with Gasteiger partial charge in [-0.05, 0) is 12.1 Å². The molecule has 0 aromatic heterocycles. The number of morpholine rings is 1. The van der Waals surface area contributed by atoms with E-state index in [1.165, 1.54) is 22.5 Å². The van der Waals surface area contributed by atoms with E-state index in [0.717, 1.165) is 0 Å². The second-order valence-electron chi connectivity index (χ2n) is 3.94. The van der Waals surface area contributed by atoms with E-state index in [4.69, 9.17) is 10.5 Å².